The molecule has 0 aliphatic carbocycles. The molecular weight excluding hydrogens is 394 g/mol. The Morgan fingerprint density at radius 3 is 2.47 bits per heavy atom. The highest BCUT2D eigenvalue weighted by molar-refractivity contribution is 6.76. The number of fused-ring (bicyclic) bond motifs is 1. The quantitative estimate of drug-likeness (QED) is 0.261. The van der Waals surface area contributed by atoms with Crippen molar-refractivity contribution < 1.29 is 14.3 Å². The third-order valence-electron chi connectivity index (χ3n) is 4.66. The number of hydrogen-bond acceptors (Lipinski definition) is 5. The van der Waals surface area contributed by atoms with E-state index in [0.29, 0.717) is 41.7 Å². The van der Waals surface area contributed by atoms with E-state index in [9.17, 15) is 4.79 Å². The standard InChI is InChI=1S/C23H31N3O3Si/c1-23(2,3)21(27)18-15-26(16-28-12-13-30(4,5)6)22-20(18)25-19(14-24-22)29-17-10-8-7-9-11-17/h7-11,14-15H,12-13,16H2,1-6H3. The molecule has 0 aliphatic heterocycles. The van der Waals surface area contributed by atoms with E-state index in [0.717, 1.165) is 6.04 Å². The minimum Gasteiger partial charge on any atom is -0.437 e. The summed E-state index contributed by atoms with van der Waals surface area (Å²) in [6.07, 6.45) is 3.39. The van der Waals surface area contributed by atoms with Gasteiger partial charge in [0.1, 0.15) is 18.0 Å². The molecule has 7 heteroatoms. The summed E-state index contributed by atoms with van der Waals surface area (Å²) in [5, 5.41) is 0. The molecule has 0 N–H and O–H groups in total. The number of para-hydroxylation sites is 1. The third kappa shape index (κ3) is 5.55. The van der Waals surface area contributed by atoms with E-state index in [1.807, 2.05) is 55.7 Å². The summed E-state index contributed by atoms with van der Waals surface area (Å²) in [6, 6.07) is 10.5. The highest BCUT2D eigenvalue weighted by Gasteiger charge is 2.28. The van der Waals surface area contributed by atoms with E-state index in [-0.39, 0.29) is 5.78 Å². The van der Waals surface area contributed by atoms with Crippen molar-refractivity contribution in [3.05, 3.63) is 48.3 Å². The van der Waals surface area contributed by atoms with Gasteiger partial charge in [0, 0.05) is 26.3 Å². The summed E-state index contributed by atoms with van der Waals surface area (Å²) < 4.78 is 13.6. The molecule has 0 amide bonds. The van der Waals surface area contributed by atoms with Crippen molar-refractivity contribution in [2.24, 2.45) is 5.41 Å². The minimum atomic E-state index is -1.16. The van der Waals surface area contributed by atoms with Crippen LogP contribution in [-0.4, -0.2) is 35.0 Å². The van der Waals surface area contributed by atoms with Gasteiger partial charge in [0.25, 0.3) is 0 Å². The van der Waals surface area contributed by atoms with Gasteiger partial charge >= 0.3 is 0 Å². The number of Topliss-reactive ketones (excluding diaryl/α,β-unsaturated/α-hetero) is 1. The summed E-state index contributed by atoms with van der Waals surface area (Å²) in [5.74, 6) is 1.04. The van der Waals surface area contributed by atoms with Crippen LogP contribution in [0.25, 0.3) is 11.2 Å². The lowest BCUT2D eigenvalue weighted by Gasteiger charge is -2.16. The number of ether oxygens (including phenoxy) is 2. The molecule has 0 atom stereocenters. The Hall–Kier alpha value is -2.51. The first-order valence-corrected chi connectivity index (χ1v) is 14.0. The molecular formula is C23H31N3O3Si. The Morgan fingerprint density at radius 2 is 1.83 bits per heavy atom. The van der Waals surface area contributed by atoms with Crippen LogP contribution >= 0.6 is 0 Å². The first-order chi connectivity index (χ1) is 14.0. The number of rotatable bonds is 8. The Morgan fingerprint density at radius 1 is 1.13 bits per heavy atom. The second-order valence-electron chi connectivity index (χ2n) is 9.74. The lowest BCUT2D eigenvalue weighted by Crippen LogP contribution is -2.22. The molecule has 0 spiro atoms. The van der Waals surface area contributed by atoms with Crippen LogP contribution in [0.15, 0.2) is 42.7 Å². The summed E-state index contributed by atoms with van der Waals surface area (Å²) in [6.45, 7) is 13.7. The van der Waals surface area contributed by atoms with E-state index < -0.39 is 13.5 Å². The zero-order valence-electron chi connectivity index (χ0n) is 18.7. The van der Waals surface area contributed by atoms with Crippen LogP contribution in [0.5, 0.6) is 11.6 Å². The fraction of sp³-hybridized carbons (Fsp3) is 0.435. The average Bonchev–Trinajstić information content (AvgIpc) is 3.02. The van der Waals surface area contributed by atoms with Crippen LogP contribution in [0.4, 0.5) is 0 Å². The Balaban J connectivity index is 1.92. The van der Waals surface area contributed by atoms with E-state index in [1.54, 1.807) is 12.4 Å². The number of carbonyl (C=O) groups excluding carboxylic acids is 1. The molecule has 1 aromatic carbocycles. The number of carbonyl (C=O) groups is 1. The molecule has 2 heterocycles. The lowest BCUT2D eigenvalue weighted by atomic mass is 9.87. The smallest absolute Gasteiger partial charge is 0.238 e. The van der Waals surface area contributed by atoms with Crippen molar-refractivity contribution in [1.82, 2.24) is 14.5 Å². The van der Waals surface area contributed by atoms with Gasteiger partial charge in [-0.2, -0.15) is 0 Å². The summed E-state index contributed by atoms with van der Waals surface area (Å²) >= 11 is 0. The number of nitrogens with zero attached hydrogens (tertiary/aromatic N) is 3. The summed E-state index contributed by atoms with van der Waals surface area (Å²) in [4.78, 5) is 22.2. The molecule has 0 saturated carbocycles. The minimum absolute atomic E-state index is 0.0134. The van der Waals surface area contributed by atoms with Crippen molar-refractivity contribution in [3.63, 3.8) is 0 Å². The van der Waals surface area contributed by atoms with E-state index in [2.05, 4.69) is 29.6 Å². The largest absolute Gasteiger partial charge is 0.437 e. The molecule has 0 saturated heterocycles. The predicted molar refractivity (Wildman–Crippen MR) is 122 cm³/mol. The van der Waals surface area contributed by atoms with Crippen LogP contribution in [0, 0.1) is 5.41 Å². The SMILES string of the molecule is CC(C)(C)C(=O)c1cn(COCC[Si](C)(C)C)c2ncc(Oc3ccccc3)nc12. The molecule has 6 nitrogen and oxygen atoms in total. The van der Waals surface area contributed by atoms with E-state index >= 15 is 0 Å². The van der Waals surface area contributed by atoms with Gasteiger partial charge in [-0.15, -0.1) is 0 Å². The maximum Gasteiger partial charge on any atom is 0.238 e. The van der Waals surface area contributed by atoms with Crippen molar-refractivity contribution in [2.75, 3.05) is 6.61 Å². The molecule has 160 valence electrons. The number of benzene rings is 1. The van der Waals surface area contributed by atoms with Gasteiger partial charge < -0.3 is 14.0 Å². The van der Waals surface area contributed by atoms with Gasteiger partial charge in [0.15, 0.2) is 11.4 Å². The highest BCUT2D eigenvalue weighted by atomic mass is 28.3. The van der Waals surface area contributed by atoms with Crippen LogP contribution in [0.3, 0.4) is 0 Å². The zero-order valence-corrected chi connectivity index (χ0v) is 19.7. The normalized spacial score (nSPS) is 12.3. The van der Waals surface area contributed by atoms with Gasteiger partial charge in [-0.3, -0.25) is 4.79 Å². The molecule has 3 rings (SSSR count). The van der Waals surface area contributed by atoms with Crippen molar-refractivity contribution in [3.8, 4) is 11.6 Å². The molecule has 0 aliphatic rings. The fourth-order valence-electron chi connectivity index (χ4n) is 2.90. The van der Waals surface area contributed by atoms with Crippen molar-refractivity contribution in [1.29, 1.82) is 0 Å². The Labute approximate surface area is 179 Å². The molecule has 0 unspecified atom stereocenters. The van der Waals surface area contributed by atoms with Crippen molar-refractivity contribution in [2.45, 2.75) is 53.2 Å². The maximum absolute atomic E-state index is 13.1. The predicted octanol–water partition coefficient (Wildman–Crippen LogP) is 5.76. The zero-order chi connectivity index (χ0) is 21.9. The van der Waals surface area contributed by atoms with Crippen LogP contribution < -0.4 is 4.74 Å². The number of ketones is 1. The maximum atomic E-state index is 13.1. The van der Waals surface area contributed by atoms with Gasteiger partial charge in [0.05, 0.1) is 11.8 Å². The van der Waals surface area contributed by atoms with Gasteiger partial charge in [0.2, 0.25) is 5.88 Å². The Kier molecular flexibility index (Phi) is 6.43. The molecule has 0 bridgehead atoms. The second kappa shape index (κ2) is 8.69. The second-order valence-corrected chi connectivity index (χ2v) is 15.4. The van der Waals surface area contributed by atoms with Gasteiger partial charge in [-0.05, 0) is 18.2 Å². The molecule has 3 aromatic rings. The third-order valence-corrected chi connectivity index (χ3v) is 6.37. The number of hydrogen-bond donors (Lipinski definition) is 0. The molecule has 2 aromatic heterocycles. The average molecular weight is 426 g/mol. The Bertz CT molecular complexity index is 1020. The van der Waals surface area contributed by atoms with Crippen LogP contribution in [-0.2, 0) is 11.5 Å². The fourth-order valence-corrected chi connectivity index (χ4v) is 3.66. The van der Waals surface area contributed by atoms with Crippen molar-refractivity contribution >= 4 is 25.0 Å². The summed E-state index contributed by atoms with van der Waals surface area (Å²) in [5.41, 5.74) is 1.17. The summed E-state index contributed by atoms with van der Waals surface area (Å²) in [7, 11) is -1.16. The molecule has 0 fully saturated rings. The van der Waals surface area contributed by atoms with Gasteiger partial charge in [-0.25, -0.2) is 9.97 Å². The lowest BCUT2D eigenvalue weighted by molar-refractivity contribution is 0.0849. The van der Waals surface area contributed by atoms with E-state index in [1.165, 1.54) is 0 Å². The van der Waals surface area contributed by atoms with Crippen LogP contribution in [0.2, 0.25) is 25.7 Å². The van der Waals surface area contributed by atoms with Crippen LogP contribution in [0.1, 0.15) is 31.1 Å². The monoisotopic (exact) mass is 425 g/mol. The topological polar surface area (TPSA) is 66.2 Å². The first kappa shape index (κ1) is 22.2. The van der Waals surface area contributed by atoms with Gasteiger partial charge in [-0.1, -0.05) is 58.6 Å². The van der Waals surface area contributed by atoms with E-state index in [4.69, 9.17) is 9.47 Å². The molecule has 30 heavy (non-hydrogen) atoms. The highest BCUT2D eigenvalue weighted by Crippen LogP contribution is 2.29. The number of aromatic nitrogens is 3. The molecule has 0 radical (unpaired) electrons. The first-order valence-electron chi connectivity index (χ1n) is 10.3.